The summed E-state index contributed by atoms with van der Waals surface area (Å²) in [7, 11) is 0. The van der Waals surface area contributed by atoms with Gasteiger partial charge in [0, 0.05) is 29.3 Å². The molecular weight excluding hydrogens is 445 g/mol. The Morgan fingerprint density at radius 1 is 0.971 bits per heavy atom. The Hall–Kier alpha value is -4.15. The van der Waals surface area contributed by atoms with E-state index in [1.54, 1.807) is 4.90 Å². The van der Waals surface area contributed by atoms with Crippen molar-refractivity contribution in [2.24, 2.45) is 0 Å². The van der Waals surface area contributed by atoms with E-state index < -0.39 is 11.8 Å². The molecule has 2 heterocycles. The van der Waals surface area contributed by atoms with Crippen molar-refractivity contribution in [1.82, 2.24) is 9.80 Å². The van der Waals surface area contributed by atoms with Gasteiger partial charge in [0.15, 0.2) is 0 Å². The predicted octanol–water partition coefficient (Wildman–Crippen LogP) is 3.43. The van der Waals surface area contributed by atoms with Crippen LogP contribution in [0.4, 0.5) is 14.9 Å². The summed E-state index contributed by atoms with van der Waals surface area (Å²) in [6.45, 7) is 0.126. The third kappa shape index (κ3) is 4.61. The number of amides is 3. The van der Waals surface area contributed by atoms with Gasteiger partial charge in [-0.25, -0.2) is 9.18 Å². The van der Waals surface area contributed by atoms with Gasteiger partial charge in [0.05, 0.1) is 18.7 Å². The Labute approximate surface area is 203 Å². The first-order valence-electron chi connectivity index (χ1n) is 11.4. The van der Waals surface area contributed by atoms with E-state index in [0.717, 1.165) is 16.7 Å². The van der Waals surface area contributed by atoms with Gasteiger partial charge in [0.1, 0.15) is 12.4 Å². The summed E-state index contributed by atoms with van der Waals surface area (Å²) in [5, 5.41) is 12.7. The molecule has 0 saturated carbocycles. The number of rotatable bonds is 3. The van der Waals surface area contributed by atoms with Crippen molar-refractivity contribution in [2.45, 2.75) is 18.0 Å². The van der Waals surface area contributed by atoms with Crippen molar-refractivity contribution < 1.29 is 19.1 Å². The Bertz CT molecular complexity index is 1280. The van der Waals surface area contributed by atoms with Crippen LogP contribution in [0.3, 0.4) is 0 Å². The minimum atomic E-state index is -0.414. The number of carbonyl (C=O) groups excluding carboxylic acids is 2. The number of benzene rings is 3. The third-order valence-electron chi connectivity index (χ3n) is 6.56. The number of hydrogen-bond acceptors (Lipinski definition) is 3. The lowest BCUT2D eigenvalue weighted by atomic mass is 9.73. The number of nitrogens with one attached hydrogen (secondary N) is 1. The number of carbonyl (C=O) groups is 2. The molecule has 176 valence electrons. The van der Waals surface area contributed by atoms with E-state index in [2.05, 4.69) is 17.2 Å². The zero-order chi connectivity index (χ0) is 24.4. The van der Waals surface area contributed by atoms with Crippen LogP contribution < -0.4 is 5.32 Å². The zero-order valence-corrected chi connectivity index (χ0v) is 18.9. The van der Waals surface area contributed by atoms with Crippen molar-refractivity contribution in [3.8, 4) is 11.8 Å². The molecule has 35 heavy (non-hydrogen) atoms. The average molecular weight is 470 g/mol. The first-order valence-corrected chi connectivity index (χ1v) is 11.4. The quantitative estimate of drug-likeness (QED) is 0.578. The van der Waals surface area contributed by atoms with Crippen LogP contribution in [-0.2, 0) is 4.79 Å². The minimum Gasteiger partial charge on any atom is -0.394 e. The molecule has 5 rings (SSSR count). The van der Waals surface area contributed by atoms with Gasteiger partial charge >= 0.3 is 6.03 Å². The number of halogens is 1. The van der Waals surface area contributed by atoms with Crippen LogP contribution in [0.2, 0.25) is 0 Å². The van der Waals surface area contributed by atoms with Gasteiger partial charge in [-0.15, -0.1) is 0 Å². The normalized spacial score (nSPS) is 20.9. The summed E-state index contributed by atoms with van der Waals surface area (Å²) >= 11 is 0. The predicted molar refractivity (Wildman–Crippen MR) is 130 cm³/mol. The van der Waals surface area contributed by atoms with Crippen LogP contribution in [0.25, 0.3) is 0 Å². The molecule has 3 atom stereocenters. The van der Waals surface area contributed by atoms with Crippen LogP contribution in [0.15, 0.2) is 78.9 Å². The number of hydrogen-bond donors (Lipinski definition) is 2. The molecule has 2 saturated heterocycles. The van der Waals surface area contributed by atoms with Gasteiger partial charge in [-0.1, -0.05) is 42.2 Å². The standard InChI is InChI=1S/C28H24FN3O3/c29-22-12-14-23(15-13-22)30-28(35)31-16-24-27(25(18-33)32(24)26(34)17-31)21-10-8-20(9-11-21)7-6-19-4-2-1-3-5-19/h1-5,8-15,24-25,27,33H,16-18H2,(H,30,35)/t24-,25+,27-/m0/s1. The number of piperazine rings is 1. The molecule has 2 aliphatic rings. The fourth-order valence-corrected chi connectivity index (χ4v) is 4.84. The number of aliphatic hydroxyl groups is 1. The molecule has 6 nitrogen and oxygen atoms in total. The molecule has 0 bridgehead atoms. The van der Waals surface area contributed by atoms with Crippen LogP contribution in [0.5, 0.6) is 0 Å². The second-order valence-electron chi connectivity index (χ2n) is 8.70. The van der Waals surface area contributed by atoms with E-state index in [0.29, 0.717) is 12.2 Å². The Balaban J connectivity index is 1.30. The molecule has 0 unspecified atom stereocenters. The molecule has 2 fully saturated rings. The number of urea groups is 1. The maximum Gasteiger partial charge on any atom is 0.322 e. The summed E-state index contributed by atoms with van der Waals surface area (Å²) in [4.78, 5) is 28.8. The lowest BCUT2D eigenvalue weighted by molar-refractivity contribution is -0.159. The number of fused-ring (bicyclic) bond motifs is 1. The van der Waals surface area contributed by atoms with E-state index in [1.807, 2.05) is 54.6 Å². The maximum absolute atomic E-state index is 13.2. The summed E-state index contributed by atoms with van der Waals surface area (Å²) in [6, 6.07) is 22.1. The van der Waals surface area contributed by atoms with Crippen LogP contribution >= 0.6 is 0 Å². The lowest BCUT2D eigenvalue weighted by Crippen LogP contribution is -2.73. The fraction of sp³-hybridized carbons (Fsp3) is 0.214. The maximum atomic E-state index is 13.2. The van der Waals surface area contributed by atoms with Crippen molar-refractivity contribution in [1.29, 1.82) is 0 Å². The molecule has 0 aromatic heterocycles. The smallest absolute Gasteiger partial charge is 0.322 e. The Kier molecular flexibility index (Phi) is 6.21. The molecule has 3 amide bonds. The average Bonchev–Trinajstić information content (AvgIpc) is 2.86. The van der Waals surface area contributed by atoms with E-state index in [-0.39, 0.29) is 37.1 Å². The highest BCUT2D eigenvalue weighted by molar-refractivity contribution is 5.93. The van der Waals surface area contributed by atoms with E-state index in [4.69, 9.17) is 0 Å². The highest BCUT2D eigenvalue weighted by Gasteiger charge is 2.54. The highest BCUT2D eigenvalue weighted by atomic mass is 19.1. The molecule has 2 aliphatic heterocycles. The van der Waals surface area contributed by atoms with Crippen LogP contribution in [0, 0.1) is 17.7 Å². The summed E-state index contributed by atoms with van der Waals surface area (Å²) in [6.07, 6.45) is 0. The minimum absolute atomic E-state index is 0.0687. The van der Waals surface area contributed by atoms with Crippen molar-refractivity contribution >= 4 is 17.6 Å². The molecule has 7 heteroatoms. The fourth-order valence-electron chi connectivity index (χ4n) is 4.84. The van der Waals surface area contributed by atoms with E-state index >= 15 is 0 Å². The zero-order valence-electron chi connectivity index (χ0n) is 18.9. The van der Waals surface area contributed by atoms with Crippen molar-refractivity contribution in [3.05, 3.63) is 101 Å². The van der Waals surface area contributed by atoms with Crippen LogP contribution in [0.1, 0.15) is 22.6 Å². The molecule has 2 N–H and O–H groups in total. The summed E-state index contributed by atoms with van der Waals surface area (Å²) < 4.78 is 13.2. The molecule has 0 aliphatic carbocycles. The van der Waals surface area contributed by atoms with E-state index in [1.165, 1.54) is 29.2 Å². The van der Waals surface area contributed by atoms with Gasteiger partial charge in [-0.05, 0) is 54.1 Å². The number of anilines is 1. The van der Waals surface area contributed by atoms with Gasteiger partial charge in [0.25, 0.3) is 0 Å². The van der Waals surface area contributed by atoms with Gasteiger partial charge in [-0.2, -0.15) is 0 Å². The second-order valence-corrected chi connectivity index (χ2v) is 8.70. The number of nitrogens with zero attached hydrogens (tertiary/aromatic N) is 2. The molecule has 3 aromatic rings. The topological polar surface area (TPSA) is 72.9 Å². The second kappa shape index (κ2) is 9.61. The molecule has 0 radical (unpaired) electrons. The molecule has 3 aromatic carbocycles. The van der Waals surface area contributed by atoms with Gasteiger partial charge in [0.2, 0.25) is 5.91 Å². The molecule has 0 spiro atoms. The van der Waals surface area contributed by atoms with Gasteiger partial charge < -0.3 is 20.2 Å². The summed E-state index contributed by atoms with van der Waals surface area (Å²) in [5.41, 5.74) is 3.25. The lowest BCUT2D eigenvalue weighted by Gasteiger charge is -2.58. The third-order valence-corrected chi connectivity index (χ3v) is 6.56. The van der Waals surface area contributed by atoms with Gasteiger partial charge in [-0.3, -0.25) is 4.79 Å². The monoisotopic (exact) mass is 469 g/mol. The van der Waals surface area contributed by atoms with Crippen molar-refractivity contribution in [2.75, 3.05) is 25.0 Å². The SMILES string of the molecule is O=C(Nc1ccc(F)cc1)N1CC(=O)N2[C@H](CO)[C@@H](c3ccc(C#Cc4ccccc4)cc3)[C@@H]2C1. The molecular formula is C28H24FN3O3. The largest absolute Gasteiger partial charge is 0.394 e. The number of aliphatic hydroxyl groups excluding tert-OH is 1. The Morgan fingerprint density at radius 3 is 2.29 bits per heavy atom. The van der Waals surface area contributed by atoms with Crippen molar-refractivity contribution in [3.63, 3.8) is 0 Å². The van der Waals surface area contributed by atoms with Crippen LogP contribution in [-0.4, -0.2) is 58.6 Å². The highest BCUT2D eigenvalue weighted by Crippen LogP contribution is 2.43. The summed E-state index contributed by atoms with van der Waals surface area (Å²) in [5.74, 6) is 5.60. The van der Waals surface area contributed by atoms with E-state index in [9.17, 15) is 19.1 Å². The first kappa shape index (κ1) is 22.6. The first-order chi connectivity index (χ1) is 17.0. The Morgan fingerprint density at radius 2 is 1.63 bits per heavy atom.